The fraction of sp³-hybridized carbons (Fsp3) is 0.688. The van der Waals surface area contributed by atoms with Gasteiger partial charge in [0.25, 0.3) is 0 Å². The molecule has 0 radical (unpaired) electrons. The highest BCUT2D eigenvalue weighted by atomic mass is 16.1. The number of allylic oxidation sites excluding steroid dienone is 4. The highest BCUT2D eigenvalue weighted by Gasteiger charge is 2.37. The molecule has 2 atom stereocenters. The van der Waals surface area contributed by atoms with Gasteiger partial charge >= 0.3 is 0 Å². The average molecular weight is 234 g/mol. The first-order valence-corrected chi connectivity index (χ1v) is 6.68. The van der Waals surface area contributed by atoms with E-state index in [9.17, 15) is 4.79 Å². The second-order valence-corrected chi connectivity index (χ2v) is 5.97. The Morgan fingerprint density at radius 2 is 2.12 bits per heavy atom. The number of hydrogen-bond acceptors (Lipinski definition) is 1. The molecule has 1 aliphatic carbocycles. The van der Waals surface area contributed by atoms with E-state index in [4.69, 9.17) is 0 Å². The number of carbonyl (C=O) groups excluding carboxylic acids is 1. The average Bonchev–Trinajstić information content (AvgIpc) is 2.22. The van der Waals surface area contributed by atoms with Crippen LogP contribution in [0.15, 0.2) is 23.3 Å². The lowest BCUT2D eigenvalue weighted by Crippen LogP contribution is -2.35. The normalized spacial score (nSPS) is 28.5. The van der Waals surface area contributed by atoms with Gasteiger partial charge in [-0.05, 0) is 52.4 Å². The molecule has 0 saturated carbocycles. The van der Waals surface area contributed by atoms with Crippen LogP contribution in [0.2, 0.25) is 0 Å². The zero-order valence-corrected chi connectivity index (χ0v) is 12.0. The minimum absolute atomic E-state index is 0.125. The summed E-state index contributed by atoms with van der Waals surface area (Å²) < 4.78 is 0. The summed E-state index contributed by atoms with van der Waals surface area (Å²) in [7, 11) is 0. The zero-order valence-electron chi connectivity index (χ0n) is 12.0. The van der Waals surface area contributed by atoms with Crippen molar-refractivity contribution in [3.63, 3.8) is 0 Å². The van der Waals surface area contributed by atoms with Gasteiger partial charge in [-0.15, -0.1) is 0 Å². The molecule has 17 heavy (non-hydrogen) atoms. The van der Waals surface area contributed by atoms with Crippen molar-refractivity contribution in [2.45, 2.75) is 60.3 Å². The van der Waals surface area contributed by atoms with Gasteiger partial charge in [0.05, 0.1) is 0 Å². The third-order valence-corrected chi connectivity index (χ3v) is 4.29. The van der Waals surface area contributed by atoms with Crippen LogP contribution in [0.5, 0.6) is 0 Å². The van der Waals surface area contributed by atoms with Crippen LogP contribution >= 0.6 is 0 Å². The van der Waals surface area contributed by atoms with Gasteiger partial charge in [0, 0.05) is 5.41 Å². The molecule has 0 aromatic rings. The molecular formula is C16H26O. The summed E-state index contributed by atoms with van der Waals surface area (Å²) in [6, 6.07) is 0. The quantitative estimate of drug-likeness (QED) is 0.645. The first-order chi connectivity index (χ1) is 7.86. The van der Waals surface area contributed by atoms with E-state index in [0.717, 1.165) is 25.7 Å². The SMILES string of the molecule is CC(=O)C1(C)CC=C(CCC=C(C)C)CC1C. The largest absolute Gasteiger partial charge is 0.299 e. The van der Waals surface area contributed by atoms with Crippen LogP contribution in [0, 0.1) is 11.3 Å². The number of rotatable bonds is 4. The van der Waals surface area contributed by atoms with E-state index in [2.05, 4.69) is 39.8 Å². The van der Waals surface area contributed by atoms with Gasteiger partial charge in [0.15, 0.2) is 0 Å². The van der Waals surface area contributed by atoms with Gasteiger partial charge in [-0.1, -0.05) is 37.1 Å². The molecule has 1 aliphatic rings. The Morgan fingerprint density at radius 1 is 1.47 bits per heavy atom. The summed E-state index contributed by atoms with van der Waals surface area (Å²) in [5.41, 5.74) is 2.80. The molecule has 1 heteroatoms. The van der Waals surface area contributed by atoms with Crippen molar-refractivity contribution >= 4 is 5.78 Å². The summed E-state index contributed by atoms with van der Waals surface area (Å²) in [4.78, 5) is 11.7. The predicted octanol–water partition coefficient (Wildman–Crippen LogP) is 4.68. The lowest BCUT2D eigenvalue weighted by atomic mass is 9.66. The molecular weight excluding hydrogens is 208 g/mol. The van der Waals surface area contributed by atoms with Gasteiger partial charge in [-0.25, -0.2) is 0 Å². The predicted molar refractivity (Wildman–Crippen MR) is 73.9 cm³/mol. The monoisotopic (exact) mass is 234 g/mol. The van der Waals surface area contributed by atoms with Gasteiger partial charge in [0.1, 0.15) is 5.78 Å². The van der Waals surface area contributed by atoms with E-state index in [0.29, 0.717) is 11.7 Å². The first kappa shape index (κ1) is 14.2. The minimum Gasteiger partial charge on any atom is -0.299 e. The summed E-state index contributed by atoms with van der Waals surface area (Å²) in [5.74, 6) is 0.816. The van der Waals surface area contributed by atoms with Crippen molar-refractivity contribution in [3.8, 4) is 0 Å². The van der Waals surface area contributed by atoms with Crippen molar-refractivity contribution < 1.29 is 4.79 Å². The molecule has 0 heterocycles. The molecule has 1 nitrogen and oxygen atoms in total. The number of ketones is 1. The molecule has 0 fully saturated rings. The molecule has 1 rings (SSSR count). The molecule has 0 aromatic carbocycles. The molecule has 0 N–H and O–H groups in total. The Kier molecular flexibility index (Phi) is 4.73. The van der Waals surface area contributed by atoms with Crippen LogP contribution in [0.3, 0.4) is 0 Å². The van der Waals surface area contributed by atoms with Crippen LogP contribution < -0.4 is 0 Å². The van der Waals surface area contributed by atoms with Crippen LogP contribution in [-0.4, -0.2) is 5.78 Å². The second kappa shape index (κ2) is 5.66. The molecule has 0 spiro atoms. The van der Waals surface area contributed by atoms with Crippen molar-refractivity contribution in [3.05, 3.63) is 23.3 Å². The molecule has 0 amide bonds. The standard InChI is InChI=1S/C16H26O/c1-12(2)7-6-8-15-9-10-16(5,14(4)17)13(3)11-15/h7,9,13H,6,8,10-11H2,1-5H3. The molecule has 0 bridgehead atoms. The Labute approximate surface area is 106 Å². The summed E-state index contributed by atoms with van der Waals surface area (Å²) in [6.07, 6.45) is 8.91. The fourth-order valence-electron chi connectivity index (χ4n) is 2.50. The van der Waals surface area contributed by atoms with E-state index in [1.165, 1.54) is 11.1 Å². The number of hydrogen-bond donors (Lipinski definition) is 0. The Morgan fingerprint density at radius 3 is 2.59 bits per heavy atom. The van der Waals surface area contributed by atoms with Crippen molar-refractivity contribution in [1.29, 1.82) is 0 Å². The third-order valence-electron chi connectivity index (χ3n) is 4.29. The van der Waals surface area contributed by atoms with E-state index in [1.54, 1.807) is 6.92 Å². The van der Waals surface area contributed by atoms with E-state index < -0.39 is 0 Å². The van der Waals surface area contributed by atoms with E-state index in [1.807, 2.05) is 0 Å². The molecule has 0 aromatic heterocycles. The van der Waals surface area contributed by atoms with Crippen LogP contribution in [0.1, 0.15) is 60.3 Å². The highest BCUT2D eigenvalue weighted by Crippen LogP contribution is 2.41. The maximum absolute atomic E-state index is 11.7. The van der Waals surface area contributed by atoms with Crippen molar-refractivity contribution in [2.75, 3.05) is 0 Å². The van der Waals surface area contributed by atoms with Gasteiger partial charge in [-0.3, -0.25) is 4.79 Å². The summed E-state index contributed by atoms with van der Waals surface area (Å²) >= 11 is 0. The van der Waals surface area contributed by atoms with Gasteiger partial charge in [0.2, 0.25) is 0 Å². The van der Waals surface area contributed by atoms with Crippen molar-refractivity contribution in [2.24, 2.45) is 11.3 Å². The van der Waals surface area contributed by atoms with Crippen LogP contribution in [0.4, 0.5) is 0 Å². The molecule has 0 saturated heterocycles. The summed E-state index contributed by atoms with van der Waals surface area (Å²) in [6.45, 7) is 10.4. The Balaban J connectivity index is 2.61. The van der Waals surface area contributed by atoms with Crippen molar-refractivity contribution in [1.82, 2.24) is 0 Å². The smallest absolute Gasteiger partial charge is 0.136 e. The molecule has 96 valence electrons. The Hall–Kier alpha value is -0.850. The Bertz CT molecular complexity index is 345. The lowest BCUT2D eigenvalue weighted by Gasteiger charge is -2.37. The number of carbonyl (C=O) groups is 1. The maximum atomic E-state index is 11.7. The lowest BCUT2D eigenvalue weighted by molar-refractivity contribution is -0.128. The van der Waals surface area contributed by atoms with Gasteiger partial charge in [-0.2, -0.15) is 0 Å². The summed E-state index contributed by atoms with van der Waals surface area (Å²) in [5, 5.41) is 0. The molecule has 0 aliphatic heterocycles. The second-order valence-electron chi connectivity index (χ2n) is 5.97. The topological polar surface area (TPSA) is 17.1 Å². The maximum Gasteiger partial charge on any atom is 0.136 e. The van der Waals surface area contributed by atoms with E-state index in [-0.39, 0.29) is 5.41 Å². The zero-order chi connectivity index (χ0) is 13.1. The van der Waals surface area contributed by atoms with Crippen LogP contribution in [0.25, 0.3) is 0 Å². The van der Waals surface area contributed by atoms with Crippen LogP contribution in [-0.2, 0) is 4.79 Å². The van der Waals surface area contributed by atoms with E-state index >= 15 is 0 Å². The minimum atomic E-state index is -0.125. The van der Waals surface area contributed by atoms with Gasteiger partial charge < -0.3 is 0 Å². The fourth-order valence-corrected chi connectivity index (χ4v) is 2.50. The molecule has 2 unspecified atom stereocenters. The number of Topliss-reactive ketones (excluding diaryl/α,β-unsaturated/α-hetero) is 1. The highest BCUT2D eigenvalue weighted by molar-refractivity contribution is 5.82. The third kappa shape index (κ3) is 3.55. The first-order valence-electron chi connectivity index (χ1n) is 6.68.